The average molecular weight is 266 g/mol. The molecule has 5 unspecified atom stereocenters. The number of likely N-dealkylation sites (tertiary alicyclic amines) is 1. The fourth-order valence-electron chi connectivity index (χ4n) is 4.55. The monoisotopic (exact) mass is 266 g/mol. The van der Waals surface area contributed by atoms with E-state index in [9.17, 15) is 9.90 Å². The van der Waals surface area contributed by atoms with Gasteiger partial charge in [0.05, 0.1) is 18.6 Å². The second kappa shape index (κ2) is 5.41. The van der Waals surface area contributed by atoms with Gasteiger partial charge in [-0.1, -0.05) is 12.8 Å². The van der Waals surface area contributed by atoms with E-state index in [2.05, 4.69) is 0 Å². The van der Waals surface area contributed by atoms with Gasteiger partial charge in [0.2, 0.25) is 5.91 Å². The lowest BCUT2D eigenvalue weighted by molar-refractivity contribution is -0.141. The van der Waals surface area contributed by atoms with Crippen molar-refractivity contribution in [2.45, 2.75) is 57.0 Å². The predicted molar refractivity (Wildman–Crippen MR) is 73.4 cm³/mol. The number of carbonyl (C=O) groups is 1. The van der Waals surface area contributed by atoms with Crippen LogP contribution in [0.5, 0.6) is 0 Å². The highest BCUT2D eigenvalue weighted by Crippen LogP contribution is 2.48. The molecule has 4 nitrogen and oxygen atoms in total. The lowest BCUT2D eigenvalue weighted by atomic mass is 9.83. The molecule has 2 saturated carbocycles. The summed E-state index contributed by atoms with van der Waals surface area (Å²) in [7, 11) is 0. The predicted octanol–water partition coefficient (Wildman–Crippen LogP) is 1.12. The lowest BCUT2D eigenvalue weighted by Gasteiger charge is -2.35. The summed E-state index contributed by atoms with van der Waals surface area (Å²) < 4.78 is 0. The second-order valence-electron chi connectivity index (χ2n) is 6.65. The summed E-state index contributed by atoms with van der Waals surface area (Å²) in [6, 6.07) is 0.0928. The molecular weight excluding hydrogens is 240 g/mol. The average Bonchev–Trinajstić information content (AvgIpc) is 2.91. The van der Waals surface area contributed by atoms with Crippen molar-refractivity contribution in [3.05, 3.63) is 0 Å². The van der Waals surface area contributed by atoms with Crippen molar-refractivity contribution in [3.63, 3.8) is 0 Å². The van der Waals surface area contributed by atoms with Crippen LogP contribution in [-0.2, 0) is 4.79 Å². The maximum atomic E-state index is 12.9. The van der Waals surface area contributed by atoms with Gasteiger partial charge in [-0.3, -0.25) is 4.79 Å². The third-order valence-corrected chi connectivity index (χ3v) is 5.64. The van der Waals surface area contributed by atoms with E-state index < -0.39 is 0 Å². The number of hydrogen-bond donors (Lipinski definition) is 2. The summed E-state index contributed by atoms with van der Waals surface area (Å²) in [4.78, 5) is 14.8. The van der Waals surface area contributed by atoms with Crippen LogP contribution in [0.25, 0.3) is 0 Å². The van der Waals surface area contributed by atoms with Crippen LogP contribution in [0, 0.1) is 17.8 Å². The first kappa shape index (κ1) is 13.4. The number of aliphatic hydroxyl groups excluding tert-OH is 1. The van der Waals surface area contributed by atoms with E-state index in [0.29, 0.717) is 11.8 Å². The van der Waals surface area contributed by atoms with E-state index >= 15 is 0 Å². The first-order valence-corrected chi connectivity index (χ1v) is 7.89. The molecule has 1 heterocycles. The molecule has 0 radical (unpaired) electrons. The Morgan fingerprint density at radius 3 is 2.63 bits per heavy atom. The molecule has 3 aliphatic rings. The first-order chi connectivity index (χ1) is 9.22. The highest BCUT2D eigenvalue weighted by molar-refractivity contribution is 5.81. The normalized spacial score (nSPS) is 42.4. The van der Waals surface area contributed by atoms with Crippen molar-refractivity contribution in [1.29, 1.82) is 0 Å². The number of fused-ring (bicyclic) bond motifs is 2. The van der Waals surface area contributed by atoms with E-state index in [4.69, 9.17) is 5.73 Å². The summed E-state index contributed by atoms with van der Waals surface area (Å²) in [5.74, 6) is 1.35. The molecule has 1 amide bonds. The Hall–Kier alpha value is -0.610. The van der Waals surface area contributed by atoms with Crippen LogP contribution in [0.4, 0.5) is 0 Å². The van der Waals surface area contributed by atoms with Gasteiger partial charge >= 0.3 is 0 Å². The van der Waals surface area contributed by atoms with Crippen LogP contribution in [0.2, 0.25) is 0 Å². The molecular formula is C15H26N2O2. The lowest BCUT2D eigenvalue weighted by Crippen LogP contribution is -2.51. The van der Waals surface area contributed by atoms with Gasteiger partial charge in [-0.25, -0.2) is 0 Å². The molecule has 0 aromatic rings. The smallest absolute Gasteiger partial charge is 0.227 e. The minimum atomic E-state index is 0.0290. The zero-order chi connectivity index (χ0) is 13.4. The molecule has 2 bridgehead atoms. The topological polar surface area (TPSA) is 66.6 Å². The fraction of sp³-hybridized carbons (Fsp3) is 0.933. The number of amides is 1. The quantitative estimate of drug-likeness (QED) is 0.787. The summed E-state index contributed by atoms with van der Waals surface area (Å²) in [5, 5.41) is 9.55. The fourth-order valence-corrected chi connectivity index (χ4v) is 4.55. The summed E-state index contributed by atoms with van der Waals surface area (Å²) in [6.07, 6.45) is 7.83. The van der Waals surface area contributed by atoms with Crippen LogP contribution in [-0.4, -0.2) is 41.1 Å². The molecule has 19 heavy (non-hydrogen) atoms. The van der Waals surface area contributed by atoms with Gasteiger partial charge in [0.25, 0.3) is 0 Å². The van der Waals surface area contributed by atoms with Crippen molar-refractivity contribution in [2.24, 2.45) is 23.5 Å². The van der Waals surface area contributed by atoms with Crippen LogP contribution in [0.15, 0.2) is 0 Å². The van der Waals surface area contributed by atoms with Crippen LogP contribution >= 0.6 is 0 Å². The van der Waals surface area contributed by atoms with Gasteiger partial charge in [-0.2, -0.15) is 0 Å². The Bertz CT molecular complexity index is 345. The molecule has 0 aromatic carbocycles. The van der Waals surface area contributed by atoms with E-state index in [1.807, 2.05) is 4.90 Å². The maximum Gasteiger partial charge on any atom is 0.227 e. The number of aliphatic hydroxyl groups is 1. The van der Waals surface area contributed by atoms with Gasteiger partial charge in [-0.05, 0) is 43.9 Å². The largest absolute Gasteiger partial charge is 0.394 e. The van der Waals surface area contributed by atoms with Gasteiger partial charge in [0, 0.05) is 12.6 Å². The standard InChI is InChI=1S/C15H26N2O2/c16-14-11-6-5-10(8-11)13(14)15(19)17-7-3-1-2-4-12(17)9-18/h10-14,18H,1-9,16H2. The molecule has 1 saturated heterocycles. The highest BCUT2D eigenvalue weighted by atomic mass is 16.3. The maximum absolute atomic E-state index is 12.9. The molecule has 3 rings (SSSR count). The van der Waals surface area contributed by atoms with Gasteiger partial charge in [0.1, 0.15) is 0 Å². The Labute approximate surface area is 115 Å². The van der Waals surface area contributed by atoms with Crippen molar-refractivity contribution < 1.29 is 9.90 Å². The number of nitrogens with zero attached hydrogens (tertiary/aromatic N) is 1. The number of carbonyl (C=O) groups excluding carboxylic acids is 1. The molecule has 1 aliphatic heterocycles. The van der Waals surface area contributed by atoms with Crippen LogP contribution in [0.3, 0.4) is 0 Å². The summed E-state index contributed by atoms with van der Waals surface area (Å²) >= 11 is 0. The molecule has 3 N–H and O–H groups in total. The third-order valence-electron chi connectivity index (χ3n) is 5.64. The highest BCUT2D eigenvalue weighted by Gasteiger charge is 2.50. The Balaban J connectivity index is 1.74. The Morgan fingerprint density at radius 2 is 1.95 bits per heavy atom. The molecule has 2 aliphatic carbocycles. The van der Waals surface area contributed by atoms with Crippen LogP contribution in [0.1, 0.15) is 44.9 Å². The van der Waals surface area contributed by atoms with Gasteiger partial charge in [0.15, 0.2) is 0 Å². The van der Waals surface area contributed by atoms with Crippen molar-refractivity contribution in [3.8, 4) is 0 Å². The van der Waals surface area contributed by atoms with Gasteiger partial charge < -0.3 is 15.7 Å². The summed E-state index contributed by atoms with van der Waals surface area (Å²) in [6.45, 7) is 0.909. The number of nitrogens with two attached hydrogens (primary N) is 1. The van der Waals surface area contributed by atoms with Crippen molar-refractivity contribution in [2.75, 3.05) is 13.2 Å². The van der Waals surface area contributed by atoms with Crippen molar-refractivity contribution >= 4 is 5.91 Å². The second-order valence-corrected chi connectivity index (χ2v) is 6.65. The molecule has 3 fully saturated rings. The molecule has 108 valence electrons. The minimum absolute atomic E-state index is 0.0290. The first-order valence-electron chi connectivity index (χ1n) is 7.89. The molecule has 0 spiro atoms. The third kappa shape index (κ3) is 2.29. The van der Waals surface area contributed by atoms with E-state index in [1.54, 1.807) is 0 Å². The Morgan fingerprint density at radius 1 is 1.16 bits per heavy atom. The number of rotatable bonds is 2. The zero-order valence-corrected chi connectivity index (χ0v) is 11.6. The van der Waals surface area contributed by atoms with Gasteiger partial charge in [-0.15, -0.1) is 0 Å². The minimum Gasteiger partial charge on any atom is -0.394 e. The van der Waals surface area contributed by atoms with E-state index in [0.717, 1.165) is 32.2 Å². The van der Waals surface area contributed by atoms with Crippen molar-refractivity contribution in [1.82, 2.24) is 4.90 Å². The van der Waals surface area contributed by atoms with E-state index in [-0.39, 0.29) is 30.5 Å². The zero-order valence-electron chi connectivity index (χ0n) is 11.6. The molecule has 4 heteroatoms. The molecule has 5 atom stereocenters. The Kier molecular flexibility index (Phi) is 3.81. The number of hydrogen-bond acceptors (Lipinski definition) is 3. The SMILES string of the molecule is NC1C2CCC(C2)C1C(=O)N1CCCCCC1CO. The van der Waals surface area contributed by atoms with E-state index in [1.165, 1.54) is 19.3 Å². The molecule has 0 aromatic heterocycles. The summed E-state index contributed by atoms with van der Waals surface area (Å²) in [5.41, 5.74) is 6.29. The van der Waals surface area contributed by atoms with Crippen LogP contribution < -0.4 is 5.73 Å².